The van der Waals surface area contributed by atoms with Crippen LogP contribution in [0.5, 0.6) is 0 Å². The van der Waals surface area contributed by atoms with Gasteiger partial charge in [-0.1, -0.05) is 19.1 Å². The number of thiocarbonyl (C=S) groups is 1. The fourth-order valence-corrected chi connectivity index (χ4v) is 3.65. The molecule has 1 fully saturated rings. The second-order valence-electron chi connectivity index (χ2n) is 5.55. The molecule has 1 aliphatic carbocycles. The topological polar surface area (TPSA) is 55.1 Å². The Labute approximate surface area is 123 Å². The molecule has 0 spiro atoms. The van der Waals surface area contributed by atoms with Crippen molar-refractivity contribution in [3.8, 4) is 0 Å². The van der Waals surface area contributed by atoms with E-state index in [1.165, 1.54) is 11.3 Å². The molecule has 1 amide bonds. The van der Waals surface area contributed by atoms with E-state index >= 15 is 0 Å². The van der Waals surface area contributed by atoms with Gasteiger partial charge < -0.3 is 11.1 Å². The number of nitrogens with one attached hydrogen (secondary N) is 1. The summed E-state index contributed by atoms with van der Waals surface area (Å²) in [4.78, 5) is 12.8. The molecule has 104 valence electrons. The van der Waals surface area contributed by atoms with Gasteiger partial charge in [0.25, 0.3) is 5.91 Å². The van der Waals surface area contributed by atoms with Crippen LogP contribution in [0.1, 0.15) is 48.5 Å². The summed E-state index contributed by atoms with van der Waals surface area (Å²) in [5, 5.41) is 6.95. The van der Waals surface area contributed by atoms with Crippen LogP contribution in [0, 0.1) is 12.8 Å². The average molecular weight is 296 g/mol. The lowest BCUT2D eigenvalue weighted by molar-refractivity contribution is 0.0900. The predicted octanol–water partition coefficient (Wildman–Crippen LogP) is 3.02. The molecule has 1 saturated carbocycles. The van der Waals surface area contributed by atoms with Gasteiger partial charge >= 0.3 is 0 Å². The molecule has 1 aromatic heterocycles. The highest BCUT2D eigenvalue weighted by molar-refractivity contribution is 7.80. The van der Waals surface area contributed by atoms with Gasteiger partial charge in [0.15, 0.2) is 0 Å². The molecular weight excluding hydrogens is 276 g/mol. The highest BCUT2D eigenvalue weighted by atomic mass is 32.1. The first-order valence-electron chi connectivity index (χ1n) is 6.60. The Morgan fingerprint density at radius 1 is 1.47 bits per heavy atom. The smallest absolute Gasteiger partial charge is 0.253 e. The summed E-state index contributed by atoms with van der Waals surface area (Å²) < 4.78 is 0. The predicted molar refractivity (Wildman–Crippen MR) is 83.7 cm³/mol. The van der Waals surface area contributed by atoms with Gasteiger partial charge in [0, 0.05) is 5.38 Å². The van der Waals surface area contributed by atoms with E-state index in [4.69, 9.17) is 18.0 Å². The van der Waals surface area contributed by atoms with E-state index in [0.29, 0.717) is 10.9 Å². The van der Waals surface area contributed by atoms with Crippen LogP contribution in [0.4, 0.5) is 0 Å². The summed E-state index contributed by atoms with van der Waals surface area (Å²) in [7, 11) is 0. The zero-order valence-corrected chi connectivity index (χ0v) is 13.0. The Hall–Kier alpha value is -0.940. The molecular formula is C14H20N2OS2. The summed E-state index contributed by atoms with van der Waals surface area (Å²) in [6, 6.07) is 0. The molecule has 3 N–H and O–H groups in total. The van der Waals surface area contributed by atoms with Crippen LogP contribution in [0.3, 0.4) is 0 Å². The van der Waals surface area contributed by atoms with Gasteiger partial charge in [0.1, 0.15) is 0 Å². The first kappa shape index (κ1) is 14.5. The van der Waals surface area contributed by atoms with Crippen LogP contribution in [0.2, 0.25) is 0 Å². The molecule has 0 aliphatic heterocycles. The fourth-order valence-electron chi connectivity index (χ4n) is 2.57. The van der Waals surface area contributed by atoms with Gasteiger partial charge in [-0.05, 0) is 49.5 Å². The minimum Gasteiger partial charge on any atom is -0.391 e. The quantitative estimate of drug-likeness (QED) is 0.843. The maximum Gasteiger partial charge on any atom is 0.253 e. The van der Waals surface area contributed by atoms with Crippen molar-refractivity contribution in [1.82, 2.24) is 5.32 Å². The van der Waals surface area contributed by atoms with E-state index in [-0.39, 0.29) is 5.91 Å². The van der Waals surface area contributed by atoms with E-state index < -0.39 is 5.54 Å². The summed E-state index contributed by atoms with van der Waals surface area (Å²) in [5.41, 5.74) is 7.15. The van der Waals surface area contributed by atoms with Gasteiger partial charge in [0.2, 0.25) is 0 Å². The molecule has 1 aromatic rings. The highest BCUT2D eigenvalue weighted by Crippen LogP contribution is 2.32. The summed E-state index contributed by atoms with van der Waals surface area (Å²) in [5.74, 6) is 0.628. The van der Waals surface area contributed by atoms with Gasteiger partial charge in [-0.3, -0.25) is 4.79 Å². The molecule has 0 saturated heterocycles. The second-order valence-corrected chi connectivity index (χ2v) is 6.73. The van der Waals surface area contributed by atoms with E-state index in [1.54, 1.807) is 0 Å². The van der Waals surface area contributed by atoms with Crippen LogP contribution >= 0.6 is 23.6 Å². The molecule has 5 heteroatoms. The number of carbonyl (C=O) groups excluding carboxylic acids is 1. The molecule has 19 heavy (non-hydrogen) atoms. The van der Waals surface area contributed by atoms with Crippen molar-refractivity contribution < 1.29 is 4.79 Å². The van der Waals surface area contributed by atoms with E-state index in [1.807, 2.05) is 17.7 Å². The van der Waals surface area contributed by atoms with Gasteiger partial charge in [-0.25, -0.2) is 0 Å². The van der Waals surface area contributed by atoms with Crippen molar-refractivity contribution in [3.05, 3.63) is 21.9 Å². The lowest BCUT2D eigenvalue weighted by atomic mass is 9.77. The van der Waals surface area contributed by atoms with Crippen molar-refractivity contribution in [2.75, 3.05) is 0 Å². The first-order valence-corrected chi connectivity index (χ1v) is 7.95. The Kier molecular flexibility index (Phi) is 4.26. The molecule has 0 aromatic carbocycles. The van der Waals surface area contributed by atoms with Gasteiger partial charge in [0.05, 0.1) is 16.1 Å². The molecule has 0 radical (unpaired) electrons. The second kappa shape index (κ2) is 5.59. The average Bonchev–Trinajstić information content (AvgIpc) is 2.78. The number of carbonyl (C=O) groups is 1. The third-order valence-electron chi connectivity index (χ3n) is 4.05. The molecule has 1 heterocycles. The van der Waals surface area contributed by atoms with Crippen molar-refractivity contribution in [2.24, 2.45) is 11.7 Å². The molecule has 0 unspecified atom stereocenters. The summed E-state index contributed by atoms with van der Waals surface area (Å²) >= 11 is 6.75. The summed E-state index contributed by atoms with van der Waals surface area (Å²) in [6.07, 6.45) is 3.80. The lowest BCUT2D eigenvalue weighted by Gasteiger charge is -2.39. The number of nitrogens with two attached hydrogens (primary N) is 1. The van der Waals surface area contributed by atoms with Gasteiger partial charge in [-0.15, -0.1) is 0 Å². The maximum atomic E-state index is 12.4. The maximum absolute atomic E-state index is 12.4. The standard InChI is InChI=1S/C14H20N2OS2/c1-9-3-5-14(6-4-9,13(15)18)16-12(17)11-8-19-7-10(11)2/h7-9H,3-6H2,1-2H3,(H2,15,18)(H,16,17). The van der Waals surface area contributed by atoms with Crippen molar-refractivity contribution >= 4 is 34.5 Å². The van der Waals surface area contributed by atoms with Crippen molar-refractivity contribution in [3.63, 3.8) is 0 Å². The Bertz CT molecular complexity index is 487. The fraction of sp³-hybridized carbons (Fsp3) is 0.571. The molecule has 2 rings (SSSR count). The van der Waals surface area contributed by atoms with Crippen LogP contribution in [-0.2, 0) is 0 Å². The SMILES string of the molecule is Cc1cscc1C(=O)NC1(C(N)=S)CCC(C)CC1. The number of hydrogen-bond donors (Lipinski definition) is 2. The van der Waals surface area contributed by atoms with Crippen LogP contribution in [0.25, 0.3) is 0 Å². The number of hydrogen-bond acceptors (Lipinski definition) is 3. The van der Waals surface area contributed by atoms with E-state index in [9.17, 15) is 4.79 Å². The minimum atomic E-state index is -0.493. The summed E-state index contributed by atoms with van der Waals surface area (Å²) in [6.45, 7) is 4.18. The first-order chi connectivity index (χ1) is 8.94. The molecule has 1 aliphatic rings. The van der Waals surface area contributed by atoms with E-state index in [0.717, 1.165) is 36.8 Å². The largest absolute Gasteiger partial charge is 0.391 e. The number of rotatable bonds is 3. The number of aryl methyl sites for hydroxylation is 1. The Balaban J connectivity index is 2.16. The number of thiophene rings is 1. The minimum absolute atomic E-state index is 0.0545. The lowest BCUT2D eigenvalue weighted by Crippen LogP contribution is -2.58. The molecule has 3 nitrogen and oxygen atoms in total. The Morgan fingerprint density at radius 3 is 2.58 bits per heavy atom. The van der Waals surface area contributed by atoms with Gasteiger partial charge in [-0.2, -0.15) is 11.3 Å². The third-order valence-corrected chi connectivity index (χ3v) is 5.30. The normalized spacial score (nSPS) is 26.9. The third kappa shape index (κ3) is 2.98. The van der Waals surface area contributed by atoms with Crippen LogP contribution < -0.4 is 11.1 Å². The van der Waals surface area contributed by atoms with Crippen molar-refractivity contribution in [2.45, 2.75) is 45.1 Å². The molecule has 0 bridgehead atoms. The zero-order chi connectivity index (χ0) is 14.0. The van der Waals surface area contributed by atoms with E-state index in [2.05, 4.69) is 12.2 Å². The molecule has 0 atom stereocenters. The van der Waals surface area contributed by atoms with Crippen LogP contribution in [0.15, 0.2) is 10.8 Å². The Morgan fingerprint density at radius 2 is 2.11 bits per heavy atom. The highest BCUT2D eigenvalue weighted by Gasteiger charge is 2.38. The van der Waals surface area contributed by atoms with Crippen LogP contribution in [-0.4, -0.2) is 16.4 Å². The number of amides is 1. The van der Waals surface area contributed by atoms with Crippen molar-refractivity contribution in [1.29, 1.82) is 0 Å². The monoisotopic (exact) mass is 296 g/mol. The zero-order valence-electron chi connectivity index (χ0n) is 11.4.